The largest absolute Gasteiger partial charge is 0.379 e. The summed E-state index contributed by atoms with van der Waals surface area (Å²) in [5.41, 5.74) is 2.95. The van der Waals surface area contributed by atoms with Crippen molar-refractivity contribution in [1.29, 1.82) is 0 Å². The molecule has 41 heavy (non-hydrogen) atoms. The molecule has 5 heterocycles. The van der Waals surface area contributed by atoms with Gasteiger partial charge in [-0.05, 0) is 48.4 Å². The van der Waals surface area contributed by atoms with Gasteiger partial charge in [0.1, 0.15) is 21.5 Å². The number of hydrogen-bond donors (Lipinski definition) is 1. The van der Waals surface area contributed by atoms with Crippen molar-refractivity contribution in [3.8, 4) is 11.4 Å². The lowest BCUT2D eigenvalue weighted by molar-refractivity contribution is 0.184. The minimum absolute atomic E-state index is 0.123. The molecule has 3 aromatic heterocycles. The van der Waals surface area contributed by atoms with Crippen LogP contribution in [0.3, 0.4) is 0 Å². The summed E-state index contributed by atoms with van der Waals surface area (Å²) in [5, 5.41) is 10.3. The molecule has 10 nitrogen and oxygen atoms in total. The van der Waals surface area contributed by atoms with E-state index in [0.717, 1.165) is 22.9 Å². The Morgan fingerprint density at radius 1 is 1.17 bits per heavy atom. The van der Waals surface area contributed by atoms with Crippen LogP contribution in [0.2, 0.25) is 5.15 Å². The lowest BCUT2D eigenvalue weighted by atomic mass is 9.88. The van der Waals surface area contributed by atoms with Crippen LogP contribution in [0.15, 0.2) is 42.9 Å². The molecule has 1 aromatic carbocycles. The van der Waals surface area contributed by atoms with Crippen molar-refractivity contribution in [2.75, 3.05) is 42.0 Å². The van der Waals surface area contributed by atoms with Crippen molar-refractivity contribution in [2.24, 2.45) is 5.92 Å². The predicted octanol–water partition coefficient (Wildman–Crippen LogP) is 5.24. The quantitative estimate of drug-likeness (QED) is 0.292. The SMILES string of the molecule is CC(C)c1ccc(N2C[C@H](CS(C)(=O)=O)[C@H]2C)c2cnc(Nc3ccnc(-c4cn([C@H]5CCOC5)nc4Cl)n3)cc12. The van der Waals surface area contributed by atoms with Crippen molar-refractivity contribution < 1.29 is 13.2 Å². The van der Waals surface area contributed by atoms with Crippen LogP contribution in [-0.2, 0) is 14.6 Å². The Kier molecular flexibility index (Phi) is 7.37. The van der Waals surface area contributed by atoms with Crippen LogP contribution in [0, 0.1) is 5.92 Å². The van der Waals surface area contributed by atoms with E-state index < -0.39 is 9.84 Å². The third-order valence-corrected chi connectivity index (χ3v) is 9.40. The Morgan fingerprint density at radius 2 is 2.00 bits per heavy atom. The topological polar surface area (TPSA) is 115 Å². The average Bonchev–Trinajstić information content (AvgIpc) is 3.60. The Labute approximate surface area is 245 Å². The molecule has 0 radical (unpaired) electrons. The molecule has 3 atom stereocenters. The number of nitrogens with zero attached hydrogens (tertiary/aromatic N) is 6. The van der Waals surface area contributed by atoms with Gasteiger partial charge < -0.3 is 15.0 Å². The molecule has 0 unspecified atom stereocenters. The molecule has 2 aliphatic rings. The molecule has 0 bridgehead atoms. The second-order valence-corrected chi connectivity index (χ2v) is 14.0. The Bertz CT molecular complexity index is 1700. The smallest absolute Gasteiger partial charge is 0.166 e. The fourth-order valence-corrected chi connectivity index (χ4v) is 7.16. The second-order valence-electron chi connectivity index (χ2n) is 11.4. The van der Waals surface area contributed by atoms with Crippen LogP contribution in [0.25, 0.3) is 22.2 Å². The van der Waals surface area contributed by atoms with E-state index in [4.69, 9.17) is 26.3 Å². The first-order valence-corrected chi connectivity index (χ1v) is 16.3. The van der Waals surface area contributed by atoms with Gasteiger partial charge in [0, 0.05) is 61.0 Å². The summed E-state index contributed by atoms with van der Waals surface area (Å²) < 4.78 is 31.0. The number of benzene rings is 1. The van der Waals surface area contributed by atoms with E-state index in [1.165, 1.54) is 11.8 Å². The molecule has 1 N–H and O–H groups in total. The minimum Gasteiger partial charge on any atom is -0.379 e. The molecule has 4 aromatic rings. The van der Waals surface area contributed by atoms with E-state index in [-0.39, 0.29) is 23.8 Å². The van der Waals surface area contributed by atoms with E-state index >= 15 is 0 Å². The fourth-order valence-electron chi connectivity index (χ4n) is 5.78. The molecule has 216 valence electrons. The molecule has 0 amide bonds. The molecular formula is C29H34ClN7O3S. The maximum absolute atomic E-state index is 11.9. The van der Waals surface area contributed by atoms with Gasteiger partial charge in [-0.15, -0.1) is 0 Å². The molecule has 12 heteroatoms. The van der Waals surface area contributed by atoms with Crippen molar-refractivity contribution in [2.45, 2.75) is 45.2 Å². The highest BCUT2D eigenvalue weighted by Crippen LogP contribution is 2.39. The summed E-state index contributed by atoms with van der Waals surface area (Å²) in [6, 6.07) is 8.45. The maximum Gasteiger partial charge on any atom is 0.166 e. The molecule has 2 aliphatic heterocycles. The van der Waals surface area contributed by atoms with Crippen molar-refractivity contribution in [3.63, 3.8) is 0 Å². The zero-order valence-corrected chi connectivity index (χ0v) is 25.2. The summed E-state index contributed by atoms with van der Waals surface area (Å²) in [6.45, 7) is 8.48. The lowest BCUT2D eigenvalue weighted by Crippen LogP contribution is -2.57. The van der Waals surface area contributed by atoms with E-state index in [2.05, 4.69) is 59.3 Å². The van der Waals surface area contributed by atoms with E-state index in [1.807, 2.05) is 17.1 Å². The van der Waals surface area contributed by atoms with Gasteiger partial charge in [0.05, 0.1) is 24.0 Å². The van der Waals surface area contributed by atoms with Crippen LogP contribution in [-0.4, -0.2) is 71.0 Å². The Balaban J connectivity index is 1.28. The summed E-state index contributed by atoms with van der Waals surface area (Å²) in [5.74, 6) is 2.38. The second kappa shape index (κ2) is 10.8. The number of hydrogen-bond acceptors (Lipinski definition) is 9. The van der Waals surface area contributed by atoms with Crippen LogP contribution in [0.1, 0.15) is 44.7 Å². The van der Waals surface area contributed by atoms with E-state index in [9.17, 15) is 8.42 Å². The van der Waals surface area contributed by atoms with Gasteiger partial charge in [-0.3, -0.25) is 4.68 Å². The third-order valence-electron chi connectivity index (χ3n) is 8.08. The van der Waals surface area contributed by atoms with Crippen LogP contribution in [0.5, 0.6) is 0 Å². The van der Waals surface area contributed by atoms with Crippen molar-refractivity contribution in [1.82, 2.24) is 24.7 Å². The van der Waals surface area contributed by atoms with Crippen molar-refractivity contribution >= 4 is 49.5 Å². The number of nitrogens with one attached hydrogen (secondary N) is 1. The number of sulfone groups is 1. The van der Waals surface area contributed by atoms with Crippen molar-refractivity contribution in [3.05, 3.63) is 53.6 Å². The van der Waals surface area contributed by atoms with E-state index in [1.54, 1.807) is 12.3 Å². The highest BCUT2D eigenvalue weighted by Gasteiger charge is 2.38. The van der Waals surface area contributed by atoms with Gasteiger partial charge >= 0.3 is 0 Å². The molecule has 2 fully saturated rings. The molecule has 0 saturated carbocycles. The van der Waals surface area contributed by atoms with Gasteiger partial charge in [-0.2, -0.15) is 5.10 Å². The summed E-state index contributed by atoms with van der Waals surface area (Å²) in [6.07, 6.45) is 7.66. The van der Waals surface area contributed by atoms with Gasteiger partial charge in [0.15, 0.2) is 11.0 Å². The van der Waals surface area contributed by atoms with Gasteiger partial charge in [0.2, 0.25) is 0 Å². The highest BCUT2D eigenvalue weighted by atomic mass is 35.5. The predicted molar refractivity (Wildman–Crippen MR) is 162 cm³/mol. The Hall–Kier alpha value is -3.28. The number of anilines is 3. The number of rotatable bonds is 8. The first-order valence-electron chi connectivity index (χ1n) is 13.9. The number of pyridine rings is 1. The highest BCUT2D eigenvalue weighted by molar-refractivity contribution is 7.90. The van der Waals surface area contributed by atoms with Gasteiger partial charge in [-0.1, -0.05) is 31.5 Å². The first kappa shape index (κ1) is 27.9. The molecule has 0 spiro atoms. The Morgan fingerprint density at radius 3 is 2.71 bits per heavy atom. The first-order chi connectivity index (χ1) is 19.6. The maximum atomic E-state index is 11.9. The number of aromatic nitrogens is 5. The number of halogens is 1. The van der Waals surface area contributed by atoms with Crippen LogP contribution in [0.4, 0.5) is 17.3 Å². The van der Waals surface area contributed by atoms with E-state index in [0.29, 0.717) is 53.9 Å². The minimum atomic E-state index is -3.02. The standard InChI is InChI=1S/C29H34ClN7O3S/c1-17(2)21-5-6-25(36-13-19(18(36)3)16-41(4,38)39)23-12-32-27(11-22(21)23)33-26-7-9-31-29(34-26)24-14-37(35-28(24)30)20-8-10-40-15-20/h5-7,9,11-12,14,17-20H,8,10,13,15-16H2,1-4H3,(H,31,32,33,34)/t18-,19-,20+/m1/s1. The number of fused-ring (bicyclic) bond motifs is 1. The summed E-state index contributed by atoms with van der Waals surface area (Å²) in [7, 11) is -3.02. The molecule has 6 rings (SSSR count). The lowest BCUT2D eigenvalue weighted by Gasteiger charge is -2.48. The molecular weight excluding hydrogens is 562 g/mol. The average molecular weight is 596 g/mol. The van der Waals surface area contributed by atoms with Gasteiger partial charge in [0.25, 0.3) is 0 Å². The van der Waals surface area contributed by atoms with Crippen LogP contribution < -0.4 is 10.2 Å². The summed E-state index contributed by atoms with van der Waals surface area (Å²) in [4.78, 5) is 16.1. The zero-order chi connectivity index (χ0) is 28.9. The summed E-state index contributed by atoms with van der Waals surface area (Å²) >= 11 is 6.47. The zero-order valence-electron chi connectivity index (χ0n) is 23.6. The van der Waals surface area contributed by atoms with Crippen LogP contribution >= 0.6 is 11.6 Å². The molecule has 2 saturated heterocycles. The monoisotopic (exact) mass is 595 g/mol. The number of ether oxygens (including phenoxy) is 1. The fraction of sp³-hybridized carbons (Fsp3) is 0.448. The molecule has 0 aliphatic carbocycles. The van der Waals surface area contributed by atoms with Gasteiger partial charge in [-0.25, -0.2) is 23.4 Å². The normalized spacial score (nSPS) is 21.0. The third kappa shape index (κ3) is 5.62.